The number of esters is 1. The molecular weight excluding hydrogens is 427 g/mol. The molecule has 166 valence electrons. The van der Waals surface area contributed by atoms with Crippen molar-refractivity contribution in [2.24, 2.45) is 0 Å². The number of nitrogens with zero attached hydrogens (tertiary/aromatic N) is 1. The highest BCUT2D eigenvalue weighted by Crippen LogP contribution is 2.58. The number of hydrogen-bond acceptors (Lipinski definition) is 6. The van der Waals surface area contributed by atoms with Crippen LogP contribution in [0, 0.1) is 0 Å². The zero-order chi connectivity index (χ0) is 22.2. The zero-order valence-electron chi connectivity index (χ0n) is 17.0. The number of alkyl halides is 3. The second-order valence-electron chi connectivity index (χ2n) is 8.21. The standard InChI is InChI=1S/C23H18F3NO5/c1-27-6-5-13-16(11-3-2-4-12(9-11)23(24,25)26)20-22(30-8-7-29-20)21-17(13)18(27)19-14(31-21)10-15(28)32-19/h2-4,9-10,18-19H,5-8H2,1H3. The maximum absolute atomic E-state index is 13.4. The maximum atomic E-state index is 13.4. The Labute approximate surface area is 181 Å². The third-order valence-electron chi connectivity index (χ3n) is 6.34. The minimum atomic E-state index is -4.47. The van der Waals surface area contributed by atoms with Crippen LogP contribution in [-0.2, 0) is 22.1 Å². The number of benzene rings is 2. The molecule has 4 heterocycles. The van der Waals surface area contributed by atoms with Gasteiger partial charge in [0.15, 0.2) is 23.4 Å². The molecule has 2 unspecified atom stereocenters. The van der Waals surface area contributed by atoms with Crippen LogP contribution in [0.3, 0.4) is 0 Å². The number of carbonyl (C=O) groups is 1. The summed E-state index contributed by atoms with van der Waals surface area (Å²) in [7, 11) is 1.92. The number of likely N-dealkylation sites (N-methyl/N-ethyl adjacent to an activating group) is 1. The van der Waals surface area contributed by atoms with Gasteiger partial charge in [0.1, 0.15) is 13.2 Å². The van der Waals surface area contributed by atoms with Gasteiger partial charge in [-0.2, -0.15) is 13.2 Å². The van der Waals surface area contributed by atoms with Gasteiger partial charge in [-0.25, -0.2) is 4.79 Å². The molecule has 0 spiro atoms. The average Bonchev–Trinajstić information content (AvgIpc) is 3.14. The molecule has 6 rings (SSSR count). The van der Waals surface area contributed by atoms with Gasteiger partial charge in [-0.1, -0.05) is 12.1 Å². The first kappa shape index (κ1) is 19.5. The highest BCUT2D eigenvalue weighted by atomic mass is 19.4. The van der Waals surface area contributed by atoms with E-state index in [0.29, 0.717) is 47.1 Å². The van der Waals surface area contributed by atoms with Gasteiger partial charge in [0.05, 0.1) is 17.7 Å². The Hall–Kier alpha value is -3.20. The summed E-state index contributed by atoms with van der Waals surface area (Å²) in [6.07, 6.45) is -3.19. The molecule has 0 radical (unpaired) electrons. The second kappa shape index (κ2) is 6.65. The van der Waals surface area contributed by atoms with Crippen molar-refractivity contribution < 1.29 is 36.9 Å². The molecular formula is C23H18F3NO5. The lowest BCUT2D eigenvalue weighted by molar-refractivity contribution is -0.142. The zero-order valence-corrected chi connectivity index (χ0v) is 17.0. The van der Waals surface area contributed by atoms with E-state index < -0.39 is 23.8 Å². The minimum absolute atomic E-state index is 0.271. The Kier molecular flexibility index (Phi) is 4.05. The Morgan fingerprint density at radius 2 is 1.88 bits per heavy atom. The Bertz CT molecular complexity index is 1190. The highest BCUT2D eigenvalue weighted by molar-refractivity contribution is 5.88. The van der Waals surface area contributed by atoms with Crippen molar-refractivity contribution in [3.8, 4) is 28.4 Å². The lowest BCUT2D eigenvalue weighted by Crippen LogP contribution is -2.44. The first-order chi connectivity index (χ1) is 15.3. The number of carbonyl (C=O) groups excluding carboxylic acids is 1. The summed E-state index contributed by atoms with van der Waals surface area (Å²) in [5.74, 6) is 1.08. The molecule has 0 fully saturated rings. The molecule has 9 heteroatoms. The molecule has 2 aromatic carbocycles. The van der Waals surface area contributed by atoms with Crippen molar-refractivity contribution >= 4 is 5.97 Å². The van der Waals surface area contributed by atoms with E-state index in [-0.39, 0.29) is 19.3 Å². The van der Waals surface area contributed by atoms with Crippen molar-refractivity contribution in [3.05, 3.63) is 52.8 Å². The summed E-state index contributed by atoms with van der Waals surface area (Å²) < 4.78 is 63.8. The normalized spacial score (nSPS) is 23.6. The molecule has 2 aromatic rings. The fourth-order valence-corrected chi connectivity index (χ4v) is 5.01. The molecule has 6 nitrogen and oxygen atoms in total. The molecule has 32 heavy (non-hydrogen) atoms. The quantitative estimate of drug-likeness (QED) is 0.622. The van der Waals surface area contributed by atoms with Gasteiger partial charge >= 0.3 is 12.1 Å². The monoisotopic (exact) mass is 445 g/mol. The molecule has 0 amide bonds. The smallest absolute Gasteiger partial charge is 0.416 e. The van der Waals surface area contributed by atoms with Crippen LogP contribution in [0.25, 0.3) is 11.1 Å². The van der Waals surface area contributed by atoms with E-state index in [1.165, 1.54) is 12.1 Å². The van der Waals surface area contributed by atoms with Crippen molar-refractivity contribution in [3.63, 3.8) is 0 Å². The fourth-order valence-electron chi connectivity index (χ4n) is 5.01. The average molecular weight is 445 g/mol. The van der Waals surface area contributed by atoms with E-state index in [1.807, 2.05) is 7.05 Å². The van der Waals surface area contributed by atoms with Crippen LogP contribution >= 0.6 is 0 Å². The summed E-state index contributed by atoms with van der Waals surface area (Å²) in [5.41, 5.74) is 1.83. The van der Waals surface area contributed by atoms with Crippen LogP contribution < -0.4 is 14.2 Å². The Balaban J connectivity index is 1.64. The van der Waals surface area contributed by atoms with Gasteiger partial charge in [0.25, 0.3) is 0 Å². The SMILES string of the molecule is CN1CCc2c(-c3cccc(C(F)(F)F)c3)c3c(c4c2C1C1OC(=O)C=C1O4)OCCO3. The first-order valence-corrected chi connectivity index (χ1v) is 10.3. The summed E-state index contributed by atoms with van der Waals surface area (Å²) in [6.45, 7) is 1.18. The minimum Gasteiger partial charge on any atom is -0.485 e. The molecule has 0 saturated carbocycles. The molecule has 0 bridgehead atoms. The van der Waals surface area contributed by atoms with Crippen LogP contribution in [0.15, 0.2) is 36.1 Å². The summed E-state index contributed by atoms with van der Waals surface area (Å²) in [4.78, 5) is 14.0. The van der Waals surface area contributed by atoms with Gasteiger partial charge in [-0.05, 0) is 36.7 Å². The van der Waals surface area contributed by atoms with Gasteiger partial charge in [0.2, 0.25) is 5.75 Å². The Morgan fingerprint density at radius 1 is 1.09 bits per heavy atom. The predicted molar refractivity (Wildman–Crippen MR) is 106 cm³/mol. The number of fused-ring (bicyclic) bond motifs is 4. The van der Waals surface area contributed by atoms with Crippen molar-refractivity contribution in [1.82, 2.24) is 4.90 Å². The molecule has 0 aromatic heterocycles. The van der Waals surface area contributed by atoms with Gasteiger partial charge in [-0.15, -0.1) is 0 Å². The van der Waals surface area contributed by atoms with Crippen LogP contribution in [-0.4, -0.2) is 43.8 Å². The number of rotatable bonds is 1. The largest absolute Gasteiger partial charge is 0.485 e. The lowest BCUT2D eigenvalue weighted by atomic mass is 9.81. The summed E-state index contributed by atoms with van der Waals surface area (Å²) >= 11 is 0. The number of ether oxygens (including phenoxy) is 4. The van der Waals surface area contributed by atoms with E-state index in [9.17, 15) is 18.0 Å². The third-order valence-corrected chi connectivity index (χ3v) is 6.34. The fraction of sp³-hybridized carbons (Fsp3) is 0.348. The topological polar surface area (TPSA) is 57.2 Å². The molecule has 4 aliphatic rings. The van der Waals surface area contributed by atoms with Crippen molar-refractivity contribution in [1.29, 1.82) is 0 Å². The maximum Gasteiger partial charge on any atom is 0.416 e. The summed E-state index contributed by atoms with van der Waals surface area (Å²) in [6, 6.07) is 4.88. The van der Waals surface area contributed by atoms with E-state index in [4.69, 9.17) is 18.9 Å². The number of halogens is 3. The van der Waals surface area contributed by atoms with Gasteiger partial charge in [0, 0.05) is 17.7 Å². The molecule has 0 aliphatic carbocycles. The van der Waals surface area contributed by atoms with Crippen molar-refractivity contribution in [2.75, 3.05) is 26.8 Å². The van der Waals surface area contributed by atoms with Gasteiger partial charge in [-0.3, -0.25) is 4.90 Å². The van der Waals surface area contributed by atoms with Crippen molar-refractivity contribution in [2.45, 2.75) is 24.7 Å². The van der Waals surface area contributed by atoms with E-state index in [1.54, 1.807) is 6.07 Å². The third kappa shape index (κ3) is 2.73. The number of hydrogen-bond donors (Lipinski definition) is 0. The van der Waals surface area contributed by atoms with E-state index in [0.717, 1.165) is 23.3 Å². The molecule has 0 N–H and O–H groups in total. The van der Waals surface area contributed by atoms with Gasteiger partial charge < -0.3 is 18.9 Å². The van der Waals surface area contributed by atoms with Crippen LogP contribution in [0.2, 0.25) is 0 Å². The van der Waals surface area contributed by atoms with Crippen LogP contribution in [0.5, 0.6) is 17.2 Å². The Morgan fingerprint density at radius 3 is 2.66 bits per heavy atom. The molecule has 0 saturated heterocycles. The van der Waals surface area contributed by atoms with Crippen LogP contribution in [0.4, 0.5) is 13.2 Å². The molecule has 4 aliphatic heterocycles. The predicted octanol–water partition coefficient (Wildman–Crippen LogP) is 3.87. The lowest BCUT2D eigenvalue weighted by Gasteiger charge is -2.43. The highest BCUT2D eigenvalue weighted by Gasteiger charge is 2.49. The summed E-state index contributed by atoms with van der Waals surface area (Å²) in [5, 5.41) is 0. The van der Waals surface area contributed by atoms with E-state index in [2.05, 4.69) is 4.90 Å². The van der Waals surface area contributed by atoms with Crippen LogP contribution in [0.1, 0.15) is 22.7 Å². The second-order valence-corrected chi connectivity index (χ2v) is 8.21. The molecule has 2 atom stereocenters. The first-order valence-electron chi connectivity index (χ1n) is 10.3. The van der Waals surface area contributed by atoms with E-state index >= 15 is 0 Å².